The van der Waals surface area contributed by atoms with Crippen LogP contribution in [0.2, 0.25) is 0 Å². The molecule has 0 fully saturated rings. The molecule has 4 rings (SSSR count). The maximum Gasteiger partial charge on any atom is 0.251 e. The molecule has 0 atom stereocenters. The Kier molecular flexibility index (Phi) is 5.11. The van der Waals surface area contributed by atoms with Gasteiger partial charge in [-0.1, -0.05) is 12.1 Å². The van der Waals surface area contributed by atoms with E-state index in [0.29, 0.717) is 12.1 Å². The Balaban J connectivity index is 1.41. The zero-order chi connectivity index (χ0) is 19.2. The molecule has 0 aliphatic heterocycles. The van der Waals surface area contributed by atoms with Gasteiger partial charge in [0.1, 0.15) is 0 Å². The molecule has 2 heterocycles. The molecule has 138 valence electrons. The van der Waals surface area contributed by atoms with Crippen LogP contribution in [-0.2, 0) is 6.54 Å². The first kappa shape index (κ1) is 17.5. The molecule has 2 N–H and O–H groups in total. The Labute approximate surface area is 162 Å². The summed E-state index contributed by atoms with van der Waals surface area (Å²) in [6.07, 6.45) is 8.86. The number of hydrogen-bond acceptors (Lipinski definition) is 4. The minimum absolute atomic E-state index is 0.122. The topological polar surface area (TPSA) is 71.8 Å². The molecule has 0 spiro atoms. The molecule has 28 heavy (non-hydrogen) atoms. The van der Waals surface area contributed by atoms with Gasteiger partial charge in [0.25, 0.3) is 5.91 Å². The van der Waals surface area contributed by atoms with Crippen LogP contribution >= 0.6 is 0 Å². The van der Waals surface area contributed by atoms with Gasteiger partial charge in [-0.25, -0.2) is 4.98 Å². The van der Waals surface area contributed by atoms with E-state index in [1.807, 2.05) is 65.4 Å². The van der Waals surface area contributed by atoms with Crippen molar-refractivity contribution in [2.24, 2.45) is 0 Å². The van der Waals surface area contributed by atoms with Gasteiger partial charge >= 0.3 is 0 Å². The van der Waals surface area contributed by atoms with Crippen LogP contribution in [0.4, 0.5) is 11.4 Å². The summed E-state index contributed by atoms with van der Waals surface area (Å²) in [4.78, 5) is 20.5. The van der Waals surface area contributed by atoms with Gasteiger partial charge in [0.2, 0.25) is 0 Å². The number of rotatable bonds is 6. The van der Waals surface area contributed by atoms with Crippen molar-refractivity contribution in [3.63, 3.8) is 0 Å². The van der Waals surface area contributed by atoms with E-state index >= 15 is 0 Å². The van der Waals surface area contributed by atoms with E-state index in [4.69, 9.17) is 0 Å². The monoisotopic (exact) mass is 369 g/mol. The number of carbonyl (C=O) groups is 1. The van der Waals surface area contributed by atoms with Crippen LogP contribution in [0.3, 0.4) is 0 Å². The average Bonchev–Trinajstić information content (AvgIpc) is 3.28. The second-order valence-electron chi connectivity index (χ2n) is 6.27. The van der Waals surface area contributed by atoms with Gasteiger partial charge in [-0.05, 0) is 54.1 Å². The molecule has 1 amide bonds. The van der Waals surface area contributed by atoms with Crippen molar-refractivity contribution < 1.29 is 4.79 Å². The molecular weight excluding hydrogens is 350 g/mol. The number of anilines is 2. The summed E-state index contributed by atoms with van der Waals surface area (Å²) in [5.74, 6) is -0.122. The average molecular weight is 369 g/mol. The maximum atomic E-state index is 12.4. The first-order chi connectivity index (χ1) is 13.8. The SMILES string of the molecule is O=C(NCc1cccnc1)c1cccc(Nc2ccc(-n3ccnc3)cc2)c1. The van der Waals surface area contributed by atoms with Crippen LogP contribution in [0.25, 0.3) is 5.69 Å². The van der Waals surface area contributed by atoms with Crippen molar-refractivity contribution in [3.05, 3.63) is 103 Å². The molecule has 0 saturated heterocycles. The summed E-state index contributed by atoms with van der Waals surface area (Å²) in [7, 11) is 0. The second kappa shape index (κ2) is 8.18. The molecule has 0 aliphatic carbocycles. The number of aromatic nitrogens is 3. The zero-order valence-electron chi connectivity index (χ0n) is 15.1. The fourth-order valence-corrected chi connectivity index (χ4v) is 2.82. The van der Waals surface area contributed by atoms with Crippen LogP contribution in [0, 0.1) is 0 Å². The molecule has 6 heteroatoms. The van der Waals surface area contributed by atoms with Crippen molar-refractivity contribution in [2.45, 2.75) is 6.54 Å². The highest BCUT2D eigenvalue weighted by Gasteiger charge is 2.06. The van der Waals surface area contributed by atoms with Gasteiger partial charge in [-0.15, -0.1) is 0 Å². The number of benzene rings is 2. The summed E-state index contributed by atoms with van der Waals surface area (Å²) >= 11 is 0. The summed E-state index contributed by atoms with van der Waals surface area (Å²) in [6, 6.07) is 19.2. The molecule has 0 saturated carbocycles. The Hall–Kier alpha value is -3.93. The third kappa shape index (κ3) is 4.24. The van der Waals surface area contributed by atoms with Gasteiger partial charge < -0.3 is 15.2 Å². The van der Waals surface area contributed by atoms with E-state index in [-0.39, 0.29) is 5.91 Å². The maximum absolute atomic E-state index is 12.4. The highest BCUT2D eigenvalue weighted by molar-refractivity contribution is 5.95. The highest BCUT2D eigenvalue weighted by atomic mass is 16.1. The number of nitrogens with one attached hydrogen (secondary N) is 2. The molecule has 0 bridgehead atoms. The number of nitrogens with zero attached hydrogens (tertiary/aromatic N) is 3. The molecule has 6 nitrogen and oxygen atoms in total. The van der Waals surface area contributed by atoms with Gasteiger partial charge in [-0.2, -0.15) is 0 Å². The predicted octanol–water partition coefficient (Wildman–Crippen LogP) is 3.94. The third-order valence-electron chi connectivity index (χ3n) is 4.26. The number of imidazole rings is 1. The molecule has 4 aromatic rings. The number of carbonyl (C=O) groups excluding carboxylic acids is 1. The highest BCUT2D eigenvalue weighted by Crippen LogP contribution is 2.19. The molecule has 0 radical (unpaired) electrons. The van der Waals surface area contributed by atoms with E-state index in [2.05, 4.69) is 20.6 Å². The van der Waals surface area contributed by atoms with E-state index in [9.17, 15) is 4.79 Å². The number of amides is 1. The fourth-order valence-electron chi connectivity index (χ4n) is 2.82. The lowest BCUT2D eigenvalue weighted by molar-refractivity contribution is 0.0951. The quantitative estimate of drug-likeness (QED) is 0.540. The van der Waals surface area contributed by atoms with Crippen LogP contribution in [-0.4, -0.2) is 20.4 Å². The van der Waals surface area contributed by atoms with Gasteiger partial charge in [0.05, 0.1) is 6.33 Å². The van der Waals surface area contributed by atoms with Crippen LogP contribution in [0.1, 0.15) is 15.9 Å². The second-order valence-corrected chi connectivity index (χ2v) is 6.27. The van der Waals surface area contributed by atoms with Crippen molar-refractivity contribution in [3.8, 4) is 5.69 Å². The smallest absolute Gasteiger partial charge is 0.251 e. The molecule has 2 aromatic heterocycles. The van der Waals surface area contributed by atoms with Crippen molar-refractivity contribution in [1.29, 1.82) is 0 Å². The molecular formula is C22H19N5O. The normalized spacial score (nSPS) is 10.4. The minimum Gasteiger partial charge on any atom is -0.356 e. The Morgan fingerprint density at radius 3 is 2.57 bits per heavy atom. The summed E-state index contributed by atoms with van der Waals surface area (Å²) in [5, 5.41) is 6.24. The van der Waals surface area contributed by atoms with Crippen LogP contribution in [0.15, 0.2) is 91.8 Å². The molecule has 2 aromatic carbocycles. The van der Waals surface area contributed by atoms with Crippen LogP contribution in [0.5, 0.6) is 0 Å². The minimum atomic E-state index is -0.122. The zero-order valence-corrected chi connectivity index (χ0v) is 15.1. The summed E-state index contributed by atoms with van der Waals surface area (Å²) in [6.45, 7) is 0.444. The third-order valence-corrected chi connectivity index (χ3v) is 4.26. The first-order valence-electron chi connectivity index (χ1n) is 8.90. The lowest BCUT2D eigenvalue weighted by Crippen LogP contribution is -2.22. The van der Waals surface area contributed by atoms with E-state index in [0.717, 1.165) is 22.6 Å². The standard InChI is InChI=1S/C22H19N5O/c28-22(25-15-17-3-2-10-23-14-17)18-4-1-5-20(13-18)26-19-6-8-21(9-7-19)27-12-11-24-16-27/h1-14,16,26H,15H2,(H,25,28). The Morgan fingerprint density at radius 1 is 0.929 bits per heavy atom. The Morgan fingerprint density at radius 2 is 1.82 bits per heavy atom. The lowest BCUT2D eigenvalue weighted by Gasteiger charge is -2.10. The van der Waals surface area contributed by atoms with Crippen molar-refractivity contribution in [1.82, 2.24) is 19.9 Å². The fraction of sp³-hybridized carbons (Fsp3) is 0.0455. The summed E-state index contributed by atoms with van der Waals surface area (Å²) in [5.41, 5.74) is 4.39. The lowest BCUT2D eigenvalue weighted by atomic mass is 10.1. The van der Waals surface area contributed by atoms with E-state index in [1.54, 1.807) is 31.0 Å². The van der Waals surface area contributed by atoms with E-state index < -0.39 is 0 Å². The Bertz CT molecular complexity index is 1040. The largest absolute Gasteiger partial charge is 0.356 e. The number of hydrogen-bond donors (Lipinski definition) is 2. The predicted molar refractivity (Wildman–Crippen MR) is 109 cm³/mol. The summed E-state index contributed by atoms with van der Waals surface area (Å²) < 4.78 is 1.94. The van der Waals surface area contributed by atoms with E-state index in [1.165, 1.54) is 0 Å². The van der Waals surface area contributed by atoms with Gasteiger partial charge in [0.15, 0.2) is 0 Å². The first-order valence-corrected chi connectivity index (χ1v) is 8.90. The van der Waals surface area contributed by atoms with Crippen molar-refractivity contribution >= 4 is 17.3 Å². The van der Waals surface area contributed by atoms with Crippen molar-refractivity contribution in [2.75, 3.05) is 5.32 Å². The molecule has 0 unspecified atom stereocenters. The molecule has 0 aliphatic rings. The van der Waals surface area contributed by atoms with Gasteiger partial charge in [-0.3, -0.25) is 9.78 Å². The van der Waals surface area contributed by atoms with Crippen LogP contribution < -0.4 is 10.6 Å². The van der Waals surface area contributed by atoms with Gasteiger partial charge in [0, 0.05) is 54.0 Å². The number of pyridine rings is 1.